The van der Waals surface area contributed by atoms with Gasteiger partial charge in [0.2, 0.25) is 5.91 Å². The molecule has 140 valence electrons. The van der Waals surface area contributed by atoms with Crippen LogP contribution < -0.4 is 15.0 Å². The van der Waals surface area contributed by atoms with Crippen molar-refractivity contribution in [3.63, 3.8) is 0 Å². The minimum atomic E-state index is -0.703. The van der Waals surface area contributed by atoms with Crippen molar-refractivity contribution in [2.45, 2.75) is 6.92 Å². The van der Waals surface area contributed by atoms with E-state index < -0.39 is 11.9 Å². The molecule has 0 aliphatic carbocycles. The maximum atomic E-state index is 12.3. The zero-order valence-electron chi connectivity index (χ0n) is 15.0. The third-order valence-electron chi connectivity index (χ3n) is 3.64. The Bertz CT molecular complexity index is 757. The lowest BCUT2D eigenvalue weighted by Gasteiger charge is -2.31. The largest absolute Gasteiger partial charge is 0.495 e. The minimum absolute atomic E-state index is 0.0107. The Morgan fingerprint density at radius 1 is 1.12 bits per heavy atom. The summed E-state index contributed by atoms with van der Waals surface area (Å²) in [6.07, 6.45) is 0. The van der Waals surface area contributed by atoms with Crippen LogP contribution in [0.25, 0.3) is 0 Å². The maximum absolute atomic E-state index is 12.3. The lowest BCUT2D eigenvalue weighted by Crippen LogP contribution is -2.38. The van der Waals surface area contributed by atoms with Gasteiger partial charge in [0, 0.05) is 12.6 Å². The number of hydrogen-bond donors (Lipinski definition) is 1. The van der Waals surface area contributed by atoms with E-state index in [0.29, 0.717) is 17.1 Å². The number of methoxy groups -OCH3 is 3. The third-order valence-corrected chi connectivity index (χ3v) is 3.64. The number of benzene rings is 1. The molecule has 0 bridgehead atoms. The van der Waals surface area contributed by atoms with Crippen molar-refractivity contribution in [3.05, 3.63) is 29.5 Å². The summed E-state index contributed by atoms with van der Waals surface area (Å²) >= 11 is 0. The number of amides is 1. The smallest absolute Gasteiger partial charge is 0.355 e. The normalized spacial score (nSPS) is 13.9. The van der Waals surface area contributed by atoms with Gasteiger partial charge in [0.05, 0.1) is 39.2 Å². The van der Waals surface area contributed by atoms with Crippen LogP contribution >= 0.6 is 0 Å². The average molecular weight is 364 g/mol. The van der Waals surface area contributed by atoms with Crippen LogP contribution in [0.15, 0.2) is 29.5 Å². The number of rotatable bonds is 5. The molecule has 1 aromatic rings. The Balaban J connectivity index is 2.55. The molecule has 0 aromatic heterocycles. The Morgan fingerprint density at radius 3 is 2.38 bits per heavy atom. The number of carbonyl (C=O) groups excluding carboxylic acids is 3. The highest BCUT2D eigenvalue weighted by Gasteiger charge is 2.32. The number of nitrogens with one attached hydrogen (secondary N) is 1. The van der Waals surface area contributed by atoms with Crippen LogP contribution in [-0.2, 0) is 28.6 Å². The maximum Gasteiger partial charge on any atom is 0.355 e. The SMILES string of the molecule is COC(=O)C1=C(C(=O)OC)N(c2ccc(OC)c(NC(C)=O)c2)COC1. The summed E-state index contributed by atoms with van der Waals surface area (Å²) in [6, 6.07) is 4.89. The summed E-state index contributed by atoms with van der Waals surface area (Å²) in [4.78, 5) is 37.2. The second-order valence-corrected chi connectivity index (χ2v) is 5.28. The molecule has 0 spiro atoms. The van der Waals surface area contributed by atoms with E-state index >= 15 is 0 Å². The first kappa shape index (κ1) is 19.3. The van der Waals surface area contributed by atoms with Crippen LogP contribution in [0.2, 0.25) is 0 Å². The quantitative estimate of drug-likeness (QED) is 0.773. The molecule has 0 fully saturated rings. The summed E-state index contributed by atoms with van der Waals surface area (Å²) < 4.78 is 20.2. The van der Waals surface area contributed by atoms with Gasteiger partial charge in [-0.25, -0.2) is 9.59 Å². The van der Waals surface area contributed by atoms with E-state index in [-0.39, 0.29) is 30.5 Å². The fourth-order valence-electron chi connectivity index (χ4n) is 2.50. The van der Waals surface area contributed by atoms with E-state index in [2.05, 4.69) is 5.32 Å². The summed E-state index contributed by atoms with van der Waals surface area (Å²) in [5.41, 5.74) is 0.968. The van der Waals surface area contributed by atoms with Crippen molar-refractivity contribution in [3.8, 4) is 5.75 Å². The molecular formula is C17H20N2O7. The molecule has 0 saturated heterocycles. The van der Waals surface area contributed by atoms with Gasteiger partial charge < -0.3 is 29.2 Å². The number of carbonyl (C=O) groups is 3. The van der Waals surface area contributed by atoms with Gasteiger partial charge in [0.1, 0.15) is 18.2 Å². The summed E-state index contributed by atoms with van der Waals surface area (Å²) in [5, 5.41) is 2.65. The van der Waals surface area contributed by atoms with Gasteiger partial charge in [0.25, 0.3) is 0 Å². The molecule has 0 atom stereocenters. The Kier molecular flexibility index (Phi) is 6.18. The topological polar surface area (TPSA) is 103 Å². The molecule has 0 unspecified atom stereocenters. The number of esters is 2. The first-order valence-electron chi connectivity index (χ1n) is 7.63. The molecule has 0 radical (unpaired) electrons. The van der Waals surface area contributed by atoms with Gasteiger partial charge >= 0.3 is 11.9 Å². The second kappa shape index (κ2) is 8.34. The number of ether oxygens (including phenoxy) is 4. The zero-order chi connectivity index (χ0) is 19.3. The Labute approximate surface area is 150 Å². The van der Waals surface area contributed by atoms with Crippen LogP contribution in [-0.4, -0.2) is 52.5 Å². The lowest BCUT2D eigenvalue weighted by atomic mass is 10.1. The van der Waals surface area contributed by atoms with Gasteiger partial charge in [-0.15, -0.1) is 0 Å². The van der Waals surface area contributed by atoms with Crippen LogP contribution in [0.1, 0.15) is 6.92 Å². The molecule has 26 heavy (non-hydrogen) atoms. The fraction of sp³-hybridized carbons (Fsp3) is 0.353. The molecule has 9 nitrogen and oxygen atoms in total. The number of anilines is 2. The Morgan fingerprint density at radius 2 is 1.81 bits per heavy atom. The van der Waals surface area contributed by atoms with Gasteiger partial charge in [-0.1, -0.05) is 0 Å². The van der Waals surface area contributed by atoms with Crippen LogP contribution in [0.4, 0.5) is 11.4 Å². The molecule has 1 aromatic carbocycles. The van der Waals surface area contributed by atoms with Crippen molar-refractivity contribution < 1.29 is 33.3 Å². The van der Waals surface area contributed by atoms with Gasteiger partial charge in [-0.05, 0) is 18.2 Å². The number of hydrogen-bond acceptors (Lipinski definition) is 8. The summed E-state index contributed by atoms with van der Waals surface area (Å²) in [7, 11) is 3.90. The van der Waals surface area contributed by atoms with E-state index in [1.807, 2.05) is 0 Å². The second-order valence-electron chi connectivity index (χ2n) is 5.28. The molecular weight excluding hydrogens is 344 g/mol. The van der Waals surface area contributed by atoms with Gasteiger partial charge in [-0.3, -0.25) is 4.79 Å². The first-order valence-corrected chi connectivity index (χ1v) is 7.63. The highest BCUT2D eigenvalue weighted by atomic mass is 16.5. The fourth-order valence-corrected chi connectivity index (χ4v) is 2.50. The zero-order valence-corrected chi connectivity index (χ0v) is 15.0. The molecule has 1 amide bonds. The highest BCUT2D eigenvalue weighted by Crippen LogP contribution is 2.33. The number of nitrogens with zero attached hydrogens (tertiary/aromatic N) is 1. The molecule has 2 rings (SSSR count). The van der Waals surface area contributed by atoms with Crippen molar-refractivity contribution in [2.24, 2.45) is 0 Å². The van der Waals surface area contributed by atoms with Crippen molar-refractivity contribution >= 4 is 29.2 Å². The molecule has 9 heteroatoms. The van der Waals surface area contributed by atoms with Gasteiger partial charge in [0.15, 0.2) is 0 Å². The molecule has 1 N–H and O–H groups in total. The first-order chi connectivity index (χ1) is 12.4. The van der Waals surface area contributed by atoms with Crippen molar-refractivity contribution in [1.29, 1.82) is 0 Å². The standard InChI is InChI=1S/C17H20N2O7/c1-10(20)18-13-7-11(5-6-14(13)23-2)19-9-26-8-12(16(21)24-3)15(19)17(22)25-4/h5-7H,8-9H2,1-4H3,(H,18,20). The van der Waals surface area contributed by atoms with E-state index in [1.165, 1.54) is 33.2 Å². The molecule has 1 heterocycles. The van der Waals surface area contributed by atoms with Crippen LogP contribution in [0.5, 0.6) is 5.75 Å². The van der Waals surface area contributed by atoms with Crippen LogP contribution in [0, 0.1) is 0 Å². The molecule has 1 aliphatic rings. The predicted molar refractivity (Wildman–Crippen MR) is 91.7 cm³/mol. The van der Waals surface area contributed by atoms with Crippen LogP contribution in [0.3, 0.4) is 0 Å². The van der Waals surface area contributed by atoms with E-state index in [0.717, 1.165) is 0 Å². The van der Waals surface area contributed by atoms with Crippen molar-refractivity contribution in [2.75, 3.05) is 44.9 Å². The third kappa shape index (κ3) is 3.94. The molecule has 1 aliphatic heterocycles. The predicted octanol–water partition coefficient (Wildman–Crippen LogP) is 1.05. The summed E-state index contributed by atoms with van der Waals surface area (Å²) in [6.45, 7) is 1.30. The van der Waals surface area contributed by atoms with Gasteiger partial charge in [-0.2, -0.15) is 0 Å². The Hall–Kier alpha value is -3.07. The monoisotopic (exact) mass is 364 g/mol. The van der Waals surface area contributed by atoms with Crippen molar-refractivity contribution in [1.82, 2.24) is 0 Å². The minimum Gasteiger partial charge on any atom is -0.495 e. The molecule has 0 saturated carbocycles. The van der Waals surface area contributed by atoms with E-state index in [1.54, 1.807) is 18.2 Å². The highest BCUT2D eigenvalue weighted by molar-refractivity contribution is 6.03. The van der Waals surface area contributed by atoms with E-state index in [9.17, 15) is 14.4 Å². The average Bonchev–Trinajstić information content (AvgIpc) is 2.65. The lowest BCUT2D eigenvalue weighted by molar-refractivity contribution is -0.140. The summed E-state index contributed by atoms with van der Waals surface area (Å²) in [5.74, 6) is -1.23. The van der Waals surface area contributed by atoms with E-state index in [4.69, 9.17) is 18.9 Å².